The number of nitrogens with one attached hydrogen (secondary N) is 1. The SMILES string of the molecule is CC(=O)c1ccc(Nc2nc(C)cc(Cl)n2)cc1. The van der Waals surface area contributed by atoms with Crippen LogP contribution in [0.4, 0.5) is 11.6 Å². The van der Waals surface area contributed by atoms with Crippen LogP contribution in [0.1, 0.15) is 23.0 Å². The summed E-state index contributed by atoms with van der Waals surface area (Å²) < 4.78 is 0. The molecule has 0 saturated carbocycles. The fourth-order valence-corrected chi connectivity index (χ4v) is 1.74. The number of benzene rings is 1. The fraction of sp³-hybridized carbons (Fsp3) is 0.154. The van der Waals surface area contributed by atoms with Crippen molar-refractivity contribution in [2.75, 3.05) is 5.32 Å². The summed E-state index contributed by atoms with van der Waals surface area (Å²) in [5.41, 5.74) is 2.27. The molecule has 0 radical (unpaired) electrons. The summed E-state index contributed by atoms with van der Waals surface area (Å²) in [4.78, 5) is 19.4. The second kappa shape index (κ2) is 5.14. The van der Waals surface area contributed by atoms with Crippen LogP contribution < -0.4 is 5.32 Å². The number of hydrogen-bond donors (Lipinski definition) is 1. The third-order valence-electron chi connectivity index (χ3n) is 2.37. The number of aryl methyl sites for hydroxylation is 1. The highest BCUT2D eigenvalue weighted by atomic mass is 35.5. The molecule has 2 rings (SSSR count). The van der Waals surface area contributed by atoms with Crippen molar-refractivity contribution in [3.8, 4) is 0 Å². The lowest BCUT2D eigenvalue weighted by Gasteiger charge is -2.06. The van der Waals surface area contributed by atoms with Crippen molar-refractivity contribution in [2.24, 2.45) is 0 Å². The van der Waals surface area contributed by atoms with Crippen LogP contribution in [-0.2, 0) is 0 Å². The molecule has 0 aliphatic rings. The molecule has 0 aliphatic heterocycles. The molecule has 0 amide bonds. The lowest BCUT2D eigenvalue weighted by atomic mass is 10.1. The van der Waals surface area contributed by atoms with Crippen LogP contribution in [0.5, 0.6) is 0 Å². The number of nitrogens with zero attached hydrogens (tertiary/aromatic N) is 2. The average Bonchev–Trinajstić information content (AvgIpc) is 2.28. The third-order valence-corrected chi connectivity index (χ3v) is 2.56. The van der Waals surface area contributed by atoms with Gasteiger partial charge < -0.3 is 5.32 Å². The fourth-order valence-electron chi connectivity index (χ4n) is 1.50. The van der Waals surface area contributed by atoms with Crippen molar-refractivity contribution in [3.05, 3.63) is 46.7 Å². The van der Waals surface area contributed by atoms with E-state index in [1.165, 1.54) is 6.92 Å². The van der Waals surface area contributed by atoms with E-state index in [9.17, 15) is 4.79 Å². The number of rotatable bonds is 3. The number of hydrogen-bond acceptors (Lipinski definition) is 4. The summed E-state index contributed by atoms with van der Waals surface area (Å²) in [7, 11) is 0. The first-order chi connectivity index (χ1) is 8.54. The van der Waals surface area contributed by atoms with Gasteiger partial charge in [0.05, 0.1) is 0 Å². The van der Waals surface area contributed by atoms with E-state index in [4.69, 9.17) is 11.6 Å². The molecule has 0 atom stereocenters. The van der Waals surface area contributed by atoms with Gasteiger partial charge in [-0.25, -0.2) is 9.97 Å². The highest BCUT2D eigenvalue weighted by Crippen LogP contribution is 2.16. The summed E-state index contributed by atoms with van der Waals surface area (Å²) in [6, 6.07) is 8.79. The molecule has 0 saturated heterocycles. The van der Waals surface area contributed by atoms with Gasteiger partial charge in [0.15, 0.2) is 5.78 Å². The molecule has 4 nitrogen and oxygen atoms in total. The minimum Gasteiger partial charge on any atom is -0.324 e. The van der Waals surface area contributed by atoms with Crippen molar-refractivity contribution >= 4 is 29.0 Å². The molecule has 0 bridgehead atoms. The first-order valence-corrected chi connectivity index (χ1v) is 5.81. The van der Waals surface area contributed by atoms with Crippen LogP contribution in [0.15, 0.2) is 30.3 Å². The van der Waals surface area contributed by atoms with Crippen molar-refractivity contribution < 1.29 is 4.79 Å². The zero-order chi connectivity index (χ0) is 13.1. The average molecular weight is 262 g/mol. The lowest BCUT2D eigenvalue weighted by molar-refractivity contribution is 0.101. The molecule has 5 heteroatoms. The van der Waals surface area contributed by atoms with E-state index in [0.29, 0.717) is 16.7 Å². The van der Waals surface area contributed by atoms with Crippen molar-refractivity contribution in [1.82, 2.24) is 9.97 Å². The van der Waals surface area contributed by atoms with Gasteiger partial charge in [-0.15, -0.1) is 0 Å². The Kier molecular flexibility index (Phi) is 3.58. The summed E-state index contributed by atoms with van der Waals surface area (Å²) >= 11 is 5.85. The largest absolute Gasteiger partial charge is 0.324 e. The lowest BCUT2D eigenvalue weighted by Crippen LogP contribution is -1.99. The van der Waals surface area contributed by atoms with E-state index in [0.717, 1.165) is 11.4 Å². The Morgan fingerprint density at radius 2 is 1.89 bits per heavy atom. The van der Waals surface area contributed by atoms with Gasteiger partial charge in [0.2, 0.25) is 5.95 Å². The molecule has 92 valence electrons. The molecule has 1 N–H and O–H groups in total. The van der Waals surface area contributed by atoms with Crippen molar-refractivity contribution in [2.45, 2.75) is 13.8 Å². The van der Waals surface area contributed by atoms with Crippen LogP contribution >= 0.6 is 11.6 Å². The van der Waals surface area contributed by atoms with Crippen LogP contribution in [0, 0.1) is 6.92 Å². The molecule has 1 heterocycles. The summed E-state index contributed by atoms with van der Waals surface area (Å²) in [5.74, 6) is 0.479. The molecular weight excluding hydrogens is 250 g/mol. The van der Waals surface area contributed by atoms with E-state index >= 15 is 0 Å². The van der Waals surface area contributed by atoms with E-state index in [2.05, 4.69) is 15.3 Å². The van der Waals surface area contributed by atoms with Gasteiger partial charge in [-0.3, -0.25) is 4.79 Å². The second-order valence-electron chi connectivity index (χ2n) is 3.91. The van der Waals surface area contributed by atoms with Gasteiger partial charge in [0.1, 0.15) is 5.15 Å². The highest BCUT2D eigenvalue weighted by molar-refractivity contribution is 6.29. The zero-order valence-electron chi connectivity index (χ0n) is 10.1. The summed E-state index contributed by atoms with van der Waals surface area (Å²) in [6.45, 7) is 3.38. The Balaban J connectivity index is 2.20. The standard InChI is InChI=1S/C13H12ClN3O/c1-8-7-12(14)17-13(15-8)16-11-5-3-10(4-6-11)9(2)18/h3-7H,1-2H3,(H,15,16,17). The van der Waals surface area contributed by atoms with Gasteiger partial charge in [0.25, 0.3) is 0 Å². The van der Waals surface area contributed by atoms with E-state index in [1.54, 1.807) is 30.3 Å². The Labute approximate surface area is 110 Å². The number of carbonyl (C=O) groups excluding carboxylic acids is 1. The highest BCUT2D eigenvalue weighted by Gasteiger charge is 2.02. The number of Topliss-reactive ketones (excluding diaryl/α,β-unsaturated/α-hetero) is 1. The zero-order valence-corrected chi connectivity index (χ0v) is 10.8. The predicted octanol–water partition coefficient (Wildman–Crippen LogP) is 3.38. The molecule has 0 unspecified atom stereocenters. The van der Waals surface area contributed by atoms with E-state index < -0.39 is 0 Å². The predicted molar refractivity (Wildman–Crippen MR) is 71.5 cm³/mol. The maximum Gasteiger partial charge on any atom is 0.228 e. The Morgan fingerprint density at radius 3 is 2.44 bits per heavy atom. The smallest absolute Gasteiger partial charge is 0.228 e. The van der Waals surface area contributed by atoms with Gasteiger partial charge in [-0.1, -0.05) is 11.6 Å². The molecule has 0 fully saturated rings. The summed E-state index contributed by atoms with van der Waals surface area (Å²) in [5, 5.41) is 3.43. The minimum atomic E-state index is 0.0383. The molecule has 2 aromatic rings. The molecule has 0 spiro atoms. The maximum absolute atomic E-state index is 11.1. The topological polar surface area (TPSA) is 54.9 Å². The van der Waals surface area contributed by atoms with Crippen LogP contribution in [0.25, 0.3) is 0 Å². The molecule has 0 aliphatic carbocycles. The van der Waals surface area contributed by atoms with Crippen molar-refractivity contribution in [1.29, 1.82) is 0 Å². The first kappa shape index (κ1) is 12.5. The van der Waals surface area contributed by atoms with Crippen LogP contribution in [0.3, 0.4) is 0 Å². The molecule has 18 heavy (non-hydrogen) atoms. The normalized spacial score (nSPS) is 10.2. The first-order valence-electron chi connectivity index (χ1n) is 5.44. The van der Waals surface area contributed by atoms with Gasteiger partial charge in [-0.2, -0.15) is 0 Å². The monoisotopic (exact) mass is 261 g/mol. The number of carbonyl (C=O) groups is 1. The maximum atomic E-state index is 11.1. The molecule has 1 aromatic heterocycles. The van der Waals surface area contributed by atoms with Gasteiger partial charge in [0, 0.05) is 16.9 Å². The Hall–Kier alpha value is -1.94. The number of ketones is 1. The van der Waals surface area contributed by atoms with Gasteiger partial charge in [-0.05, 0) is 44.2 Å². The second-order valence-corrected chi connectivity index (χ2v) is 4.30. The van der Waals surface area contributed by atoms with E-state index in [-0.39, 0.29) is 5.78 Å². The number of anilines is 2. The quantitative estimate of drug-likeness (QED) is 0.680. The number of halogens is 1. The Morgan fingerprint density at radius 1 is 1.22 bits per heavy atom. The van der Waals surface area contributed by atoms with E-state index in [1.807, 2.05) is 6.92 Å². The molecule has 1 aromatic carbocycles. The number of aromatic nitrogens is 2. The third kappa shape index (κ3) is 3.05. The van der Waals surface area contributed by atoms with Crippen LogP contribution in [-0.4, -0.2) is 15.8 Å². The minimum absolute atomic E-state index is 0.0383. The van der Waals surface area contributed by atoms with Gasteiger partial charge >= 0.3 is 0 Å². The molecular formula is C13H12ClN3O. The Bertz CT molecular complexity index is 561. The van der Waals surface area contributed by atoms with Crippen LogP contribution in [0.2, 0.25) is 5.15 Å². The van der Waals surface area contributed by atoms with Crippen molar-refractivity contribution in [3.63, 3.8) is 0 Å². The summed E-state index contributed by atoms with van der Waals surface area (Å²) in [6.07, 6.45) is 0.